The Kier molecular flexibility index (Phi) is 6.69. The molecule has 0 amide bonds. The molecule has 0 heterocycles. The molecule has 0 saturated heterocycles. The Labute approximate surface area is 116 Å². The number of halogens is 1. The van der Waals surface area contributed by atoms with Crippen molar-refractivity contribution in [3.8, 4) is 0 Å². The molecule has 2 atom stereocenters. The summed E-state index contributed by atoms with van der Waals surface area (Å²) in [5.41, 5.74) is 1.24. The van der Waals surface area contributed by atoms with Gasteiger partial charge in [-0.15, -0.1) is 0 Å². The van der Waals surface area contributed by atoms with Gasteiger partial charge in [0, 0.05) is 30.2 Å². The molecule has 0 bridgehead atoms. The lowest BCUT2D eigenvalue weighted by atomic mass is 10.1. The third-order valence-corrected chi connectivity index (χ3v) is 3.84. The fourth-order valence-corrected chi connectivity index (χ4v) is 2.08. The number of hydrogen-bond acceptors (Lipinski definition) is 2. The third kappa shape index (κ3) is 4.97. The van der Waals surface area contributed by atoms with Gasteiger partial charge in [-0.05, 0) is 45.0 Å². The molecule has 0 aliphatic carbocycles. The summed E-state index contributed by atoms with van der Waals surface area (Å²) in [6, 6.07) is 9.04. The summed E-state index contributed by atoms with van der Waals surface area (Å²) in [5, 5.41) is 4.34. The largest absolute Gasteiger partial charge is 0.309 e. The zero-order chi connectivity index (χ0) is 13.5. The van der Waals surface area contributed by atoms with Crippen LogP contribution in [-0.4, -0.2) is 31.1 Å². The molecular formula is C15H25ClN2. The van der Waals surface area contributed by atoms with E-state index in [1.807, 2.05) is 18.2 Å². The number of rotatable bonds is 7. The summed E-state index contributed by atoms with van der Waals surface area (Å²) in [5.74, 6) is 0. The molecule has 0 fully saturated rings. The molecule has 2 unspecified atom stereocenters. The molecule has 0 radical (unpaired) electrons. The van der Waals surface area contributed by atoms with Crippen LogP contribution in [0.25, 0.3) is 0 Å². The molecule has 1 N–H and O–H groups in total. The minimum absolute atomic E-state index is 0.342. The van der Waals surface area contributed by atoms with E-state index in [1.165, 1.54) is 12.0 Å². The standard InChI is InChI=1S/C15H25ClN2/c1-5-12(2)18(4)10-9-17-13(3)14-7-6-8-15(16)11-14/h6-8,11-13,17H,5,9-10H2,1-4H3. The Hall–Kier alpha value is -0.570. The lowest BCUT2D eigenvalue weighted by Gasteiger charge is -2.24. The first-order chi connectivity index (χ1) is 8.54. The molecule has 102 valence electrons. The van der Waals surface area contributed by atoms with Crippen molar-refractivity contribution in [3.05, 3.63) is 34.9 Å². The second-order valence-corrected chi connectivity index (χ2v) is 5.41. The van der Waals surface area contributed by atoms with Crippen molar-refractivity contribution in [1.29, 1.82) is 0 Å². The van der Waals surface area contributed by atoms with Crippen molar-refractivity contribution < 1.29 is 0 Å². The lowest BCUT2D eigenvalue weighted by Crippen LogP contribution is -2.35. The summed E-state index contributed by atoms with van der Waals surface area (Å²) in [6.45, 7) is 8.73. The molecule has 1 rings (SSSR count). The predicted octanol–water partition coefficient (Wildman–Crippen LogP) is 3.72. The molecule has 1 aromatic carbocycles. The van der Waals surface area contributed by atoms with E-state index in [2.05, 4.69) is 44.1 Å². The predicted molar refractivity (Wildman–Crippen MR) is 80.3 cm³/mol. The third-order valence-electron chi connectivity index (χ3n) is 3.61. The molecule has 0 aliphatic heterocycles. The van der Waals surface area contributed by atoms with E-state index in [4.69, 9.17) is 11.6 Å². The number of benzene rings is 1. The van der Waals surface area contributed by atoms with Gasteiger partial charge in [0.05, 0.1) is 0 Å². The molecule has 0 saturated carbocycles. The van der Waals surface area contributed by atoms with Gasteiger partial charge in [0.15, 0.2) is 0 Å². The van der Waals surface area contributed by atoms with Gasteiger partial charge in [-0.3, -0.25) is 0 Å². The number of nitrogens with zero attached hydrogens (tertiary/aromatic N) is 1. The first kappa shape index (κ1) is 15.5. The normalized spacial score (nSPS) is 14.8. The van der Waals surface area contributed by atoms with E-state index in [-0.39, 0.29) is 0 Å². The zero-order valence-corrected chi connectivity index (χ0v) is 12.7. The van der Waals surface area contributed by atoms with E-state index >= 15 is 0 Å². The summed E-state index contributed by atoms with van der Waals surface area (Å²) in [6.07, 6.45) is 1.19. The van der Waals surface area contributed by atoms with Crippen LogP contribution in [0.5, 0.6) is 0 Å². The van der Waals surface area contributed by atoms with Gasteiger partial charge in [0.25, 0.3) is 0 Å². The van der Waals surface area contributed by atoms with E-state index in [0.717, 1.165) is 18.1 Å². The monoisotopic (exact) mass is 268 g/mol. The molecule has 0 aromatic heterocycles. The summed E-state index contributed by atoms with van der Waals surface area (Å²) in [4.78, 5) is 2.39. The maximum atomic E-state index is 6.00. The van der Waals surface area contributed by atoms with Gasteiger partial charge in [0.1, 0.15) is 0 Å². The zero-order valence-electron chi connectivity index (χ0n) is 11.9. The Morgan fingerprint density at radius 3 is 2.67 bits per heavy atom. The van der Waals surface area contributed by atoms with Crippen LogP contribution >= 0.6 is 11.6 Å². The van der Waals surface area contributed by atoms with Gasteiger partial charge in [-0.25, -0.2) is 0 Å². The Bertz CT molecular complexity index is 354. The van der Waals surface area contributed by atoms with Crippen LogP contribution in [0.2, 0.25) is 5.02 Å². The Morgan fingerprint density at radius 1 is 1.33 bits per heavy atom. The van der Waals surface area contributed by atoms with Gasteiger partial charge < -0.3 is 10.2 Å². The molecule has 3 heteroatoms. The topological polar surface area (TPSA) is 15.3 Å². The van der Waals surface area contributed by atoms with Crippen LogP contribution < -0.4 is 5.32 Å². The van der Waals surface area contributed by atoms with Crippen LogP contribution in [-0.2, 0) is 0 Å². The van der Waals surface area contributed by atoms with Crippen molar-refractivity contribution in [3.63, 3.8) is 0 Å². The highest BCUT2D eigenvalue weighted by atomic mass is 35.5. The summed E-state index contributed by atoms with van der Waals surface area (Å²) < 4.78 is 0. The number of hydrogen-bond donors (Lipinski definition) is 1. The van der Waals surface area contributed by atoms with Crippen molar-refractivity contribution in [1.82, 2.24) is 10.2 Å². The molecule has 18 heavy (non-hydrogen) atoms. The van der Waals surface area contributed by atoms with Crippen molar-refractivity contribution in [2.75, 3.05) is 20.1 Å². The van der Waals surface area contributed by atoms with E-state index in [1.54, 1.807) is 0 Å². The quantitative estimate of drug-likeness (QED) is 0.811. The Morgan fingerprint density at radius 2 is 2.06 bits per heavy atom. The fraction of sp³-hybridized carbons (Fsp3) is 0.600. The lowest BCUT2D eigenvalue weighted by molar-refractivity contribution is 0.249. The highest BCUT2D eigenvalue weighted by Gasteiger charge is 2.08. The van der Waals surface area contributed by atoms with Crippen molar-refractivity contribution in [2.45, 2.75) is 39.3 Å². The van der Waals surface area contributed by atoms with Crippen molar-refractivity contribution in [2.24, 2.45) is 0 Å². The average Bonchev–Trinajstić information content (AvgIpc) is 2.37. The smallest absolute Gasteiger partial charge is 0.0409 e. The van der Waals surface area contributed by atoms with Crippen LogP contribution in [0, 0.1) is 0 Å². The molecular weight excluding hydrogens is 244 g/mol. The second-order valence-electron chi connectivity index (χ2n) is 4.97. The van der Waals surface area contributed by atoms with E-state index < -0.39 is 0 Å². The molecule has 0 aliphatic rings. The van der Waals surface area contributed by atoms with Crippen LogP contribution in [0.1, 0.15) is 38.8 Å². The number of likely N-dealkylation sites (N-methyl/N-ethyl adjacent to an activating group) is 1. The Balaban J connectivity index is 2.35. The first-order valence-electron chi connectivity index (χ1n) is 6.73. The molecule has 1 aromatic rings. The maximum absolute atomic E-state index is 6.00. The van der Waals surface area contributed by atoms with Gasteiger partial charge in [-0.1, -0.05) is 30.7 Å². The number of nitrogens with one attached hydrogen (secondary N) is 1. The van der Waals surface area contributed by atoms with Gasteiger partial charge >= 0.3 is 0 Å². The second kappa shape index (κ2) is 7.78. The molecule has 2 nitrogen and oxygen atoms in total. The van der Waals surface area contributed by atoms with E-state index in [9.17, 15) is 0 Å². The van der Waals surface area contributed by atoms with Crippen LogP contribution in [0.15, 0.2) is 24.3 Å². The minimum atomic E-state index is 0.342. The van der Waals surface area contributed by atoms with Gasteiger partial charge in [0.2, 0.25) is 0 Å². The van der Waals surface area contributed by atoms with Gasteiger partial charge in [-0.2, -0.15) is 0 Å². The van der Waals surface area contributed by atoms with Crippen LogP contribution in [0.3, 0.4) is 0 Å². The average molecular weight is 269 g/mol. The van der Waals surface area contributed by atoms with Crippen molar-refractivity contribution >= 4 is 11.6 Å². The maximum Gasteiger partial charge on any atom is 0.0409 e. The highest BCUT2D eigenvalue weighted by Crippen LogP contribution is 2.17. The summed E-state index contributed by atoms with van der Waals surface area (Å²) in [7, 11) is 2.18. The van der Waals surface area contributed by atoms with Crippen LogP contribution in [0.4, 0.5) is 0 Å². The fourth-order valence-electron chi connectivity index (χ4n) is 1.88. The highest BCUT2D eigenvalue weighted by molar-refractivity contribution is 6.30. The first-order valence-corrected chi connectivity index (χ1v) is 7.11. The minimum Gasteiger partial charge on any atom is -0.309 e. The SMILES string of the molecule is CCC(C)N(C)CCNC(C)c1cccc(Cl)c1. The summed E-state index contributed by atoms with van der Waals surface area (Å²) >= 11 is 6.00. The molecule has 0 spiro atoms. The van der Waals surface area contributed by atoms with E-state index in [0.29, 0.717) is 12.1 Å².